The van der Waals surface area contributed by atoms with E-state index in [0.717, 1.165) is 0 Å². The summed E-state index contributed by atoms with van der Waals surface area (Å²) in [6, 6.07) is -0.466. The average Bonchev–Trinajstić information content (AvgIpc) is 2.46. The van der Waals surface area contributed by atoms with Gasteiger partial charge in [-0.3, -0.25) is 9.36 Å². The molecule has 1 fully saturated rings. The summed E-state index contributed by atoms with van der Waals surface area (Å²) in [7, 11) is 2.95. The number of methoxy groups -OCH3 is 1. The maximum atomic E-state index is 12.2. The van der Waals surface area contributed by atoms with Crippen molar-refractivity contribution in [1.29, 1.82) is 0 Å². The molecule has 2 aliphatic heterocycles. The lowest BCUT2D eigenvalue weighted by molar-refractivity contribution is -0.121. The highest BCUT2D eigenvalue weighted by Crippen LogP contribution is 2.29. The van der Waals surface area contributed by atoms with Gasteiger partial charge in [0, 0.05) is 7.05 Å². The molecule has 1 aromatic heterocycles. The van der Waals surface area contributed by atoms with Crippen LogP contribution in [0, 0.1) is 0 Å². The second-order valence-corrected chi connectivity index (χ2v) is 4.81. The third-order valence-electron chi connectivity index (χ3n) is 3.56. The minimum absolute atomic E-state index is 0.00826. The van der Waals surface area contributed by atoms with Crippen molar-refractivity contribution in [3.63, 3.8) is 0 Å². The molecule has 2 aliphatic rings. The highest BCUT2D eigenvalue weighted by atomic mass is 16.5. The van der Waals surface area contributed by atoms with Crippen LogP contribution in [0.1, 0.15) is 0 Å². The number of hydrogen-bond donors (Lipinski definition) is 4. The molecule has 1 aromatic rings. The largest absolute Gasteiger partial charge is 0.468 e. The van der Waals surface area contributed by atoms with Crippen molar-refractivity contribution in [2.24, 2.45) is 7.05 Å². The van der Waals surface area contributed by atoms with Gasteiger partial charge in [0.05, 0.1) is 19.8 Å². The van der Waals surface area contributed by atoms with Gasteiger partial charge in [0.2, 0.25) is 0 Å². The minimum Gasteiger partial charge on any atom is -0.468 e. The number of nitrogens with one attached hydrogen (secondary N) is 2. The van der Waals surface area contributed by atoms with Crippen molar-refractivity contribution in [3.05, 3.63) is 10.4 Å². The van der Waals surface area contributed by atoms with E-state index in [4.69, 9.17) is 9.47 Å². The zero-order chi connectivity index (χ0) is 14.4. The predicted molar refractivity (Wildman–Crippen MR) is 68.8 cm³/mol. The van der Waals surface area contributed by atoms with Crippen LogP contribution in [-0.4, -0.2) is 58.0 Å². The van der Waals surface area contributed by atoms with Gasteiger partial charge in [0.1, 0.15) is 17.9 Å². The third-order valence-corrected chi connectivity index (χ3v) is 3.56. The lowest BCUT2D eigenvalue weighted by Crippen LogP contribution is -2.61. The summed E-state index contributed by atoms with van der Waals surface area (Å²) in [6.45, 7) is 0.00826. The number of anilines is 2. The van der Waals surface area contributed by atoms with Gasteiger partial charge in [-0.25, -0.2) is 0 Å². The first kappa shape index (κ1) is 13.2. The van der Waals surface area contributed by atoms with E-state index in [9.17, 15) is 15.0 Å². The van der Waals surface area contributed by atoms with Gasteiger partial charge in [-0.2, -0.15) is 4.98 Å². The average molecular weight is 284 g/mol. The monoisotopic (exact) mass is 284 g/mol. The molecule has 0 saturated carbocycles. The SMILES string of the molecule is COc1nc2c(c(=O)n1C)N[C@@H]1[C@@H](O)[C@H](O)CO[C@@H]1N2. The van der Waals surface area contributed by atoms with Crippen LogP contribution in [0.15, 0.2) is 4.79 Å². The number of fused-ring (bicyclic) bond motifs is 2. The molecule has 0 radical (unpaired) electrons. The van der Waals surface area contributed by atoms with E-state index in [0.29, 0.717) is 5.82 Å². The second kappa shape index (κ2) is 4.62. The smallest absolute Gasteiger partial charge is 0.300 e. The van der Waals surface area contributed by atoms with Crippen molar-refractivity contribution in [2.75, 3.05) is 24.4 Å². The van der Waals surface area contributed by atoms with Crippen LogP contribution in [0.2, 0.25) is 0 Å². The molecule has 4 atom stereocenters. The molecule has 9 nitrogen and oxygen atoms in total. The Hall–Kier alpha value is -1.84. The summed E-state index contributed by atoms with van der Waals surface area (Å²) >= 11 is 0. The van der Waals surface area contributed by atoms with Crippen LogP contribution in [0.5, 0.6) is 6.01 Å². The van der Waals surface area contributed by atoms with Gasteiger partial charge in [-0.1, -0.05) is 0 Å². The maximum Gasteiger partial charge on any atom is 0.300 e. The molecule has 1 saturated heterocycles. The maximum absolute atomic E-state index is 12.2. The summed E-state index contributed by atoms with van der Waals surface area (Å²) in [5, 5.41) is 25.4. The Balaban J connectivity index is 2.03. The number of aliphatic hydroxyl groups excluding tert-OH is 2. The molecular formula is C11H16N4O5. The van der Waals surface area contributed by atoms with Gasteiger partial charge in [-0.15, -0.1) is 0 Å². The minimum atomic E-state index is -1.04. The van der Waals surface area contributed by atoms with E-state index in [1.54, 1.807) is 0 Å². The Bertz CT molecular complexity index is 589. The molecule has 0 spiro atoms. The topological polar surface area (TPSA) is 118 Å². The van der Waals surface area contributed by atoms with Gasteiger partial charge >= 0.3 is 6.01 Å². The van der Waals surface area contributed by atoms with E-state index in [-0.39, 0.29) is 23.9 Å². The van der Waals surface area contributed by atoms with Crippen molar-refractivity contribution >= 4 is 11.5 Å². The molecule has 3 rings (SSSR count). The number of aromatic nitrogens is 2. The molecule has 3 heterocycles. The summed E-state index contributed by atoms with van der Waals surface area (Å²) in [5.41, 5.74) is -0.128. The Morgan fingerprint density at radius 1 is 1.45 bits per heavy atom. The Kier molecular flexibility index (Phi) is 3.04. The van der Waals surface area contributed by atoms with E-state index in [1.165, 1.54) is 18.7 Å². The van der Waals surface area contributed by atoms with Crippen LogP contribution in [0.3, 0.4) is 0 Å². The summed E-state index contributed by atoms with van der Waals surface area (Å²) < 4.78 is 11.7. The number of hydrogen-bond acceptors (Lipinski definition) is 8. The van der Waals surface area contributed by atoms with Crippen LogP contribution in [0.25, 0.3) is 0 Å². The number of ether oxygens (including phenoxy) is 2. The zero-order valence-corrected chi connectivity index (χ0v) is 11.0. The molecule has 20 heavy (non-hydrogen) atoms. The van der Waals surface area contributed by atoms with E-state index in [2.05, 4.69) is 15.6 Å². The highest BCUT2D eigenvalue weighted by Gasteiger charge is 2.43. The van der Waals surface area contributed by atoms with Crippen LogP contribution < -0.4 is 20.9 Å². The molecule has 0 bridgehead atoms. The summed E-state index contributed by atoms with van der Waals surface area (Å²) in [6.07, 6.45) is -2.62. The van der Waals surface area contributed by atoms with Gasteiger partial charge in [0.15, 0.2) is 12.0 Å². The number of aliphatic hydroxyl groups is 2. The van der Waals surface area contributed by atoms with Crippen molar-refractivity contribution in [1.82, 2.24) is 9.55 Å². The lowest BCUT2D eigenvalue weighted by Gasteiger charge is -2.42. The third kappa shape index (κ3) is 1.82. The normalized spacial score (nSPS) is 31.6. The fraction of sp³-hybridized carbons (Fsp3) is 0.636. The van der Waals surface area contributed by atoms with Crippen LogP contribution in [0.4, 0.5) is 11.5 Å². The molecule has 4 N–H and O–H groups in total. The molecule has 0 unspecified atom stereocenters. The summed E-state index contributed by atoms with van der Waals surface area (Å²) in [4.78, 5) is 16.4. The van der Waals surface area contributed by atoms with Crippen molar-refractivity contribution in [2.45, 2.75) is 24.5 Å². The first-order valence-electron chi connectivity index (χ1n) is 6.18. The fourth-order valence-corrected chi connectivity index (χ4v) is 2.42. The van der Waals surface area contributed by atoms with Crippen LogP contribution in [-0.2, 0) is 11.8 Å². The Morgan fingerprint density at radius 3 is 2.90 bits per heavy atom. The lowest BCUT2D eigenvalue weighted by atomic mass is 9.99. The number of rotatable bonds is 1. The molecule has 0 aliphatic carbocycles. The standard InChI is InChI=1S/C11H16N4O5/c1-15-10(18)6-8(14-11(15)19-2)13-9-5(12-6)7(17)4(16)3-20-9/h4-5,7,9,12-13,16-17H,3H2,1-2H3/t4-,5-,7+,9+/m1/s1. The number of nitrogens with zero attached hydrogens (tertiary/aromatic N) is 2. The predicted octanol–water partition coefficient (Wildman–Crippen LogP) is -1.93. The van der Waals surface area contributed by atoms with Crippen LogP contribution >= 0.6 is 0 Å². The Labute approximate surface area is 114 Å². The fourth-order valence-electron chi connectivity index (χ4n) is 2.42. The van der Waals surface area contributed by atoms with Crippen molar-refractivity contribution < 1.29 is 19.7 Å². The quantitative estimate of drug-likeness (QED) is 0.471. The van der Waals surface area contributed by atoms with Gasteiger partial charge in [0.25, 0.3) is 5.56 Å². The van der Waals surface area contributed by atoms with Crippen molar-refractivity contribution in [3.8, 4) is 6.01 Å². The first-order chi connectivity index (χ1) is 9.52. The van der Waals surface area contributed by atoms with E-state index >= 15 is 0 Å². The first-order valence-corrected chi connectivity index (χ1v) is 6.18. The molecule has 0 amide bonds. The molecular weight excluding hydrogens is 268 g/mol. The zero-order valence-electron chi connectivity index (χ0n) is 11.0. The highest BCUT2D eigenvalue weighted by molar-refractivity contribution is 5.67. The Morgan fingerprint density at radius 2 is 2.20 bits per heavy atom. The molecule has 9 heteroatoms. The van der Waals surface area contributed by atoms with E-state index in [1.807, 2.05) is 0 Å². The van der Waals surface area contributed by atoms with E-state index < -0.39 is 24.5 Å². The molecule has 110 valence electrons. The molecule has 0 aromatic carbocycles. The summed E-state index contributed by atoms with van der Waals surface area (Å²) in [5.74, 6) is 0.301. The van der Waals surface area contributed by atoms with Gasteiger partial charge in [-0.05, 0) is 0 Å². The second-order valence-electron chi connectivity index (χ2n) is 4.81. The van der Waals surface area contributed by atoms with Gasteiger partial charge < -0.3 is 30.3 Å².